The number of hydrogen-bond acceptors (Lipinski definition) is 4. The first-order valence-corrected chi connectivity index (χ1v) is 8.48. The van der Waals surface area contributed by atoms with Crippen LogP contribution >= 0.6 is 0 Å². The number of pyridine rings is 1. The van der Waals surface area contributed by atoms with E-state index in [2.05, 4.69) is 20.4 Å². The maximum absolute atomic E-state index is 12.5. The van der Waals surface area contributed by atoms with Gasteiger partial charge in [-0.25, -0.2) is 4.98 Å². The number of hydrogen-bond donors (Lipinski definition) is 2. The van der Waals surface area contributed by atoms with Gasteiger partial charge in [0.1, 0.15) is 11.6 Å². The van der Waals surface area contributed by atoms with Crippen molar-refractivity contribution in [3.05, 3.63) is 53.7 Å². The highest BCUT2D eigenvalue weighted by Gasteiger charge is 2.31. The van der Waals surface area contributed by atoms with Gasteiger partial charge in [0, 0.05) is 17.7 Å². The molecule has 0 saturated carbocycles. The fourth-order valence-electron chi connectivity index (χ4n) is 2.26. The molecule has 2 N–H and O–H groups in total. The molecule has 1 aromatic carbocycles. The SMILES string of the molecule is CC(C)C(=O)Nc1cc(C(=O)NC(C)c2cccc(OC(F)(F)F)c2)ccn1. The Labute approximate surface area is 160 Å². The van der Waals surface area contributed by atoms with Gasteiger partial charge in [-0.2, -0.15) is 0 Å². The topological polar surface area (TPSA) is 80.3 Å². The van der Waals surface area contributed by atoms with Crippen molar-refractivity contribution in [1.29, 1.82) is 0 Å². The number of carbonyl (C=O) groups is 2. The molecule has 2 aromatic rings. The molecule has 0 fully saturated rings. The summed E-state index contributed by atoms with van der Waals surface area (Å²) in [6.07, 6.45) is -3.41. The predicted octanol–water partition coefficient (Wildman–Crippen LogP) is 4.07. The number of ether oxygens (including phenoxy) is 1. The highest BCUT2D eigenvalue weighted by atomic mass is 19.4. The lowest BCUT2D eigenvalue weighted by atomic mass is 10.1. The fourth-order valence-corrected chi connectivity index (χ4v) is 2.26. The Morgan fingerprint density at radius 2 is 1.82 bits per heavy atom. The van der Waals surface area contributed by atoms with Gasteiger partial charge in [0.25, 0.3) is 5.91 Å². The van der Waals surface area contributed by atoms with Crippen molar-refractivity contribution in [2.24, 2.45) is 5.92 Å². The third-order valence-electron chi connectivity index (χ3n) is 3.74. The molecule has 1 atom stereocenters. The van der Waals surface area contributed by atoms with E-state index < -0.39 is 18.3 Å². The Morgan fingerprint density at radius 1 is 1.11 bits per heavy atom. The Hall–Kier alpha value is -3.10. The number of amides is 2. The summed E-state index contributed by atoms with van der Waals surface area (Å²) in [5, 5.41) is 5.29. The van der Waals surface area contributed by atoms with Crippen LogP contribution in [0.25, 0.3) is 0 Å². The zero-order valence-electron chi connectivity index (χ0n) is 15.5. The minimum absolute atomic E-state index is 0.236. The second-order valence-corrected chi connectivity index (χ2v) is 6.39. The van der Waals surface area contributed by atoms with Crippen LogP contribution in [0.5, 0.6) is 5.75 Å². The second-order valence-electron chi connectivity index (χ2n) is 6.39. The van der Waals surface area contributed by atoms with E-state index in [1.807, 2.05) is 0 Å². The van der Waals surface area contributed by atoms with Crippen LogP contribution in [0, 0.1) is 5.92 Å². The number of alkyl halides is 3. The molecule has 0 saturated heterocycles. The van der Waals surface area contributed by atoms with Crippen LogP contribution in [0.4, 0.5) is 19.0 Å². The summed E-state index contributed by atoms with van der Waals surface area (Å²) in [7, 11) is 0. The smallest absolute Gasteiger partial charge is 0.406 e. The van der Waals surface area contributed by atoms with E-state index in [0.717, 1.165) is 0 Å². The van der Waals surface area contributed by atoms with Gasteiger partial charge in [-0.15, -0.1) is 13.2 Å². The number of carbonyl (C=O) groups excluding carboxylic acids is 2. The molecule has 2 rings (SSSR count). The summed E-state index contributed by atoms with van der Waals surface area (Å²) in [5.41, 5.74) is 0.695. The van der Waals surface area contributed by atoms with Gasteiger partial charge in [-0.3, -0.25) is 9.59 Å². The van der Waals surface area contributed by atoms with Gasteiger partial charge in [0.05, 0.1) is 6.04 Å². The van der Waals surface area contributed by atoms with E-state index >= 15 is 0 Å². The van der Waals surface area contributed by atoms with Gasteiger partial charge >= 0.3 is 6.36 Å². The molecule has 150 valence electrons. The normalized spacial score (nSPS) is 12.4. The zero-order valence-corrected chi connectivity index (χ0v) is 15.5. The Balaban J connectivity index is 2.08. The molecule has 0 spiro atoms. The Morgan fingerprint density at radius 3 is 2.46 bits per heavy atom. The molecule has 6 nitrogen and oxygen atoms in total. The summed E-state index contributed by atoms with van der Waals surface area (Å²) in [5.74, 6) is -1.07. The molecule has 0 bridgehead atoms. The fraction of sp³-hybridized carbons (Fsp3) is 0.316. The minimum Gasteiger partial charge on any atom is -0.406 e. The third-order valence-corrected chi connectivity index (χ3v) is 3.74. The molecule has 0 aliphatic rings. The highest BCUT2D eigenvalue weighted by molar-refractivity contribution is 5.97. The van der Waals surface area contributed by atoms with Crippen LogP contribution < -0.4 is 15.4 Å². The van der Waals surface area contributed by atoms with E-state index in [1.165, 1.54) is 36.5 Å². The molecule has 9 heteroatoms. The van der Waals surface area contributed by atoms with E-state index in [0.29, 0.717) is 5.56 Å². The van der Waals surface area contributed by atoms with Crippen LogP contribution in [0.1, 0.15) is 42.7 Å². The van der Waals surface area contributed by atoms with Gasteiger partial charge < -0.3 is 15.4 Å². The average molecular weight is 395 g/mol. The molecule has 1 unspecified atom stereocenters. The maximum Gasteiger partial charge on any atom is 0.573 e. The van der Waals surface area contributed by atoms with Crippen LogP contribution in [0.3, 0.4) is 0 Å². The number of anilines is 1. The minimum atomic E-state index is -4.79. The Bertz CT molecular complexity index is 854. The lowest BCUT2D eigenvalue weighted by molar-refractivity contribution is -0.274. The molecule has 0 aliphatic heterocycles. The van der Waals surface area contributed by atoms with Gasteiger partial charge in [-0.1, -0.05) is 26.0 Å². The Kier molecular flexibility index (Phi) is 6.61. The molecule has 0 radical (unpaired) electrons. The summed E-state index contributed by atoms with van der Waals surface area (Å²) >= 11 is 0. The van der Waals surface area contributed by atoms with Gasteiger partial charge in [0.2, 0.25) is 5.91 Å². The summed E-state index contributed by atoms with van der Waals surface area (Å²) in [6.45, 7) is 5.08. The second kappa shape index (κ2) is 8.73. The zero-order chi connectivity index (χ0) is 20.9. The van der Waals surface area contributed by atoms with Crippen molar-refractivity contribution in [2.45, 2.75) is 33.2 Å². The number of rotatable bonds is 6. The van der Waals surface area contributed by atoms with Crippen LogP contribution in [0.2, 0.25) is 0 Å². The lowest BCUT2D eigenvalue weighted by Crippen LogP contribution is -2.27. The predicted molar refractivity (Wildman–Crippen MR) is 96.7 cm³/mol. The van der Waals surface area contributed by atoms with Gasteiger partial charge in [-0.05, 0) is 36.8 Å². The first kappa shape index (κ1) is 21.2. The quantitative estimate of drug-likeness (QED) is 0.773. The summed E-state index contributed by atoms with van der Waals surface area (Å²) in [4.78, 5) is 28.2. The van der Waals surface area contributed by atoms with Crippen molar-refractivity contribution in [2.75, 3.05) is 5.32 Å². The largest absolute Gasteiger partial charge is 0.573 e. The summed E-state index contributed by atoms with van der Waals surface area (Å²) in [6, 6.07) is 7.69. The molecule has 0 aliphatic carbocycles. The standard InChI is InChI=1S/C19H20F3N3O3/c1-11(2)17(26)25-16-10-14(7-8-23-16)18(27)24-12(3)13-5-4-6-15(9-13)28-19(20,21)22/h4-12H,1-3H3,(H,24,27)(H,23,25,26). The molecule has 1 aromatic heterocycles. The first-order valence-electron chi connectivity index (χ1n) is 8.48. The van der Waals surface area contributed by atoms with E-state index in [4.69, 9.17) is 0 Å². The van der Waals surface area contributed by atoms with Crippen LogP contribution in [-0.4, -0.2) is 23.2 Å². The van der Waals surface area contributed by atoms with E-state index in [-0.39, 0.29) is 29.0 Å². The average Bonchev–Trinajstić information content (AvgIpc) is 2.60. The van der Waals surface area contributed by atoms with Gasteiger partial charge in [0.15, 0.2) is 0 Å². The number of aromatic nitrogens is 1. The first-order chi connectivity index (χ1) is 13.0. The third kappa shape index (κ3) is 6.26. The van der Waals surface area contributed by atoms with E-state index in [1.54, 1.807) is 26.8 Å². The van der Waals surface area contributed by atoms with Crippen molar-refractivity contribution in [3.8, 4) is 5.75 Å². The highest BCUT2D eigenvalue weighted by Crippen LogP contribution is 2.25. The van der Waals surface area contributed by atoms with Crippen LogP contribution in [0.15, 0.2) is 42.6 Å². The molecule has 28 heavy (non-hydrogen) atoms. The number of nitrogens with one attached hydrogen (secondary N) is 2. The van der Waals surface area contributed by atoms with Crippen molar-refractivity contribution in [1.82, 2.24) is 10.3 Å². The van der Waals surface area contributed by atoms with Crippen molar-refractivity contribution in [3.63, 3.8) is 0 Å². The van der Waals surface area contributed by atoms with Crippen molar-refractivity contribution < 1.29 is 27.5 Å². The van der Waals surface area contributed by atoms with E-state index in [9.17, 15) is 22.8 Å². The van der Waals surface area contributed by atoms with Crippen molar-refractivity contribution >= 4 is 17.6 Å². The number of benzene rings is 1. The number of nitrogens with zero attached hydrogens (tertiary/aromatic N) is 1. The summed E-state index contributed by atoms with van der Waals surface area (Å²) < 4.78 is 41.0. The van der Waals surface area contributed by atoms with Crippen LogP contribution in [-0.2, 0) is 4.79 Å². The maximum atomic E-state index is 12.5. The molecule has 1 heterocycles. The molecule has 2 amide bonds. The number of halogens is 3. The molecular weight excluding hydrogens is 375 g/mol. The lowest BCUT2D eigenvalue weighted by Gasteiger charge is -2.16. The molecular formula is C19H20F3N3O3. The monoisotopic (exact) mass is 395 g/mol.